The van der Waals surface area contributed by atoms with Crippen molar-refractivity contribution >= 4 is 33.6 Å². The zero-order valence-corrected chi connectivity index (χ0v) is 20.4. The van der Waals surface area contributed by atoms with Gasteiger partial charge in [0.15, 0.2) is 0 Å². The summed E-state index contributed by atoms with van der Waals surface area (Å²) in [6.07, 6.45) is 0.293. The number of rotatable bonds is 7. The predicted octanol–water partition coefficient (Wildman–Crippen LogP) is 1.61. The number of carbonyl (C=O) groups is 3. The lowest BCUT2D eigenvalue weighted by molar-refractivity contribution is -0.384. The molecule has 0 aliphatic carbocycles. The lowest BCUT2D eigenvalue weighted by Crippen LogP contribution is -2.53. The third kappa shape index (κ3) is 4.93. The molecule has 2 aliphatic rings. The molecule has 4 rings (SSSR count). The molecule has 0 atom stereocenters. The maximum atomic E-state index is 12.8. The Balaban J connectivity index is 1.24. The first-order valence-corrected chi connectivity index (χ1v) is 12.8. The highest BCUT2D eigenvalue weighted by atomic mass is 32.2. The van der Waals surface area contributed by atoms with E-state index in [0.29, 0.717) is 6.42 Å². The lowest BCUT2D eigenvalue weighted by Gasteiger charge is -2.34. The Bertz CT molecular complexity index is 1320. The average Bonchev–Trinajstić information content (AvgIpc) is 3.11. The largest absolute Gasteiger partial charge is 0.338 e. The summed E-state index contributed by atoms with van der Waals surface area (Å²) in [6, 6.07) is 9.80. The van der Waals surface area contributed by atoms with Crippen molar-refractivity contribution < 1.29 is 27.7 Å². The van der Waals surface area contributed by atoms with Gasteiger partial charge < -0.3 is 10.2 Å². The number of non-ortho nitro benzene ring substituents is 1. The van der Waals surface area contributed by atoms with Crippen LogP contribution in [0.15, 0.2) is 47.4 Å². The quantitative estimate of drug-likeness (QED) is 0.255. The third-order valence-electron chi connectivity index (χ3n) is 6.18. The number of hydrogen-bond donors (Lipinski definition) is 1. The van der Waals surface area contributed by atoms with Gasteiger partial charge in [0, 0.05) is 51.4 Å². The summed E-state index contributed by atoms with van der Waals surface area (Å²) in [5.74, 6) is -1.13. The minimum atomic E-state index is -3.63. The smallest absolute Gasteiger partial charge is 0.317 e. The molecule has 0 aromatic heterocycles. The van der Waals surface area contributed by atoms with E-state index in [4.69, 9.17) is 0 Å². The first-order chi connectivity index (χ1) is 17.1. The fraction of sp³-hybridized carbons (Fsp3) is 0.348. The van der Waals surface area contributed by atoms with E-state index in [2.05, 4.69) is 5.32 Å². The fourth-order valence-corrected chi connectivity index (χ4v) is 5.55. The Morgan fingerprint density at radius 1 is 1.00 bits per heavy atom. The third-order valence-corrected chi connectivity index (χ3v) is 8.10. The number of benzene rings is 2. The van der Waals surface area contributed by atoms with E-state index in [9.17, 15) is 32.9 Å². The van der Waals surface area contributed by atoms with E-state index in [-0.39, 0.29) is 67.0 Å². The van der Waals surface area contributed by atoms with Gasteiger partial charge in [0.2, 0.25) is 10.0 Å². The van der Waals surface area contributed by atoms with Crippen LogP contribution in [-0.2, 0) is 10.0 Å². The molecule has 2 heterocycles. The summed E-state index contributed by atoms with van der Waals surface area (Å²) in [4.78, 5) is 50.6. The second-order valence-corrected chi connectivity index (χ2v) is 10.5. The monoisotopic (exact) mass is 515 g/mol. The van der Waals surface area contributed by atoms with Gasteiger partial charge in [0.1, 0.15) is 0 Å². The number of piperazine rings is 1. The van der Waals surface area contributed by atoms with Crippen molar-refractivity contribution in [1.29, 1.82) is 0 Å². The van der Waals surface area contributed by atoms with Crippen LogP contribution in [0.3, 0.4) is 0 Å². The van der Waals surface area contributed by atoms with Crippen molar-refractivity contribution in [3.8, 4) is 0 Å². The van der Waals surface area contributed by atoms with E-state index in [1.807, 2.05) is 6.92 Å². The van der Waals surface area contributed by atoms with Crippen LogP contribution >= 0.6 is 0 Å². The van der Waals surface area contributed by atoms with E-state index < -0.39 is 26.8 Å². The molecule has 36 heavy (non-hydrogen) atoms. The van der Waals surface area contributed by atoms with Crippen LogP contribution in [0.5, 0.6) is 0 Å². The second kappa shape index (κ2) is 10.0. The van der Waals surface area contributed by atoms with Gasteiger partial charge in [-0.2, -0.15) is 4.31 Å². The van der Waals surface area contributed by atoms with E-state index in [1.54, 1.807) is 24.3 Å². The molecule has 12 nitrogen and oxygen atoms in total. The molecule has 0 bridgehead atoms. The number of nitro groups is 1. The molecule has 2 aliphatic heterocycles. The molecule has 13 heteroatoms. The molecule has 0 radical (unpaired) electrons. The van der Waals surface area contributed by atoms with Gasteiger partial charge in [-0.3, -0.25) is 24.6 Å². The van der Waals surface area contributed by atoms with Crippen molar-refractivity contribution in [3.63, 3.8) is 0 Å². The number of fused-ring (bicyclic) bond motifs is 1. The highest BCUT2D eigenvalue weighted by Crippen LogP contribution is 2.26. The predicted molar refractivity (Wildman–Crippen MR) is 128 cm³/mol. The van der Waals surface area contributed by atoms with Crippen molar-refractivity contribution in [2.45, 2.75) is 18.2 Å². The average molecular weight is 516 g/mol. The Kier molecular flexibility index (Phi) is 7.04. The molecule has 0 unspecified atom stereocenters. The summed E-state index contributed by atoms with van der Waals surface area (Å²) in [5.41, 5.74) is 0.808. The number of nitro benzene ring substituents is 1. The van der Waals surface area contributed by atoms with Gasteiger partial charge in [-0.15, -0.1) is 0 Å². The fourth-order valence-electron chi connectivity index (χ4n) is 4.13. The lowest BCUT2D eigenvalue weighted by atomic mass is 10.1. The van der Waals surface area contributed by atoms with E-state index in [1.165, 1.54) is 21.3 Å². The van der Waals surface area contributed by atoms with E-state index in [0.717, 1.165) is 16.5 Å². The first-order valence-electron chi connectivity index (χ1n) is 11.3. The van der Waals surface area contributed by atoms with E-state index >= 15 is 0 Å². The molecule has 4 amide bonds. The number of nitrogens with one attached hydrogen (secondary N) is 1. The van der Waals surface area contributed by atoms with Crippen molar-refractivity contribution in [1.82, 2.24) is 19.4 Å². The summed E-state index contributed by atoms with van der Waals surface area (Å²) in [7, 11) is -3.63. The second-order valence-electron chi connectivity index (χ2n) is 8.54. The molecule has 1 N–H and O–H groups in total. The first kappa shape index (κ1) is 25.3. The Morgan fingerprint density at radius 2 is 1.64 bits per heavy atom. The van der Waals surface area contributed by atoms with Gasteiger partial charge in [0.05, 0.1) is 20.9 Å². The van der Waals surface area contributed by atoms with Crippen LogP contribution in [-0.4, -0.2) is 84.6 Å². The Hall–Kier alpha value is -3.84. The molecule has 1 fully saturated rings. The zero-order valence-electron chi connectivity index (χ0n) is 19.5. The maximum absolute atomic E-state index is 12.8. The molecule has 0 spiro atoms. The summed E-state index contributed by atoms with van der Waals surface area (Å²) >= 11 is 0. The minimum absolute atomic E-state index is 0.00306. The molecule has 1 saturated heterocycles. The zero-order chi connectivity index (χ0) is 26.0. The number of imide groups is 1. The van der Waals surface area contributed by atoms with Crippen LogP contribution in [0.4, 0.5) is 10.5 Å². The van der Waals surface area contributed by atoms with Crippen molar-refractivity contribution in [2.24, 2.45) is 0 Å². The standard InChI is InChI=1S/C23H25N5O7S/c1-16-3-6-18(7-4-16)36(34,35)26-13-11-25(12-14-26)23(31)24-9-2-10-27-21(29)19-8-5-17(28(32)33)15-20(19)22(27)30/h3-8,15H,2,9-14H2,1H3,(H,24,31). The number of sulfonamides is 1. The van der Waals surface area contributed by atoms with Gasteiger partial charge >= 0.3 is 6.03 Å². The number of hydrogen-bond acceptors (Lipinski definition) is 7. The van der Waals surface area contributed by atoms with Gasteiger partial charge in [0.25, 0.3) is 17.5 Å². The highest BCUT2D eigenvalue weighted by Gasteiger charge is 2.36. The summed E-state index contributed by atoms with van der Waals surface area (Å²) < 4.78 is 27.0. The van der Waals surface area contributed by atoms with Crippen LogP contribution in [0.25, 0.3) is 0 Å². The van der Waals surface area contributed by atoms with Crippen molar-refractivity contribution in [3.05, 3.63) is 69.3 Å². The molecular weight excluding hydrogens is 490 g/mol. The molecule has 2 aromatic rings. The summed E-state index contributed by atoms with van der Waals surface area (Å²) in [6.45, 7) is 2.91. The molecular formula is C23H25N5O7S. The Labute approximate surface area is 207 Å². The number of amides is 4. The number of nitrogens with zero attached hydrogens (tertiary/aromatic N) is 4. The molecule has 2 aromatic carbocycles. The van der Waals surface area contributed by atoms with Crippen LogP contribution in [0.1, 0.15) is 32.7 Å². The topological polar surface area (TPSA) is 150 Å². The molecule has 190 valence electrons. The highest BCUT2D eigenvalue weighted by molar-refractivity contribution is 7.89. The SMILES string of the molecule is Cc1ccc(S(=O)(=O)N2CCN(C(=O)NCCCN3C(=O)c4ccc([N+](=O)[O-])cc4C3=O)CC2)cc1. The maximum Gasteiger partial charge on any atom is 0.317 e. The van der Waals surface area contributed by atoms with Gasteiger partial charge in [-0.25, -0.2) is 13.2 Å². The normalized spacial score (nSPS) is 16.2. The van der Waals surface area contributed by atoms with Gasteiger partial charge in [-0.1, -0.05) is 17.7 Å². The van der Waals surface area contributed by atoms with Crippen LogP contribution in [0, 0.1) is 17.0 Å². The number of carbonyl (C=O) groups excluding carboxylic acids is 3. The Morgan fingerprint density at radius 3 is 2.28 bits per heavy atom. The van der Waals surface area contributed by atoms with Crippen LogP contribution in [0.2, 0.25) is 0 Å². The number of urea groups is 1. The van der Waals surface area contributed by atoms with Crippen molar-refractivity contribution in [2.75, 3.05) is 39.3 Å². The number of aryl methyl sites for hydroxylation is 1. The molecule has 0 saturated carbocycles. The van der Waals surface area contributed by atoms with Crippen LogP contribution < -0.4 is 5.32 Å². The summed E-state index contributed by atoms with van der Waals surface area (Å²) in [5, 5.41) is 13.7. The minimum Gasteiger partial charge on any atom is -0.338 e. The van der Waals surface area contributed by atoms with Gasteiger partial charge in [-0.05, 0) is 31.5 Å².